The van der Waals surface area contributed by atoms with Gasteiger partial charge in [0, 0.05) is 6.04 Å². The molecule has 3 nitrogen and oxygen atoms in total. The number of hydrogen-bond acceptors (Lipinski definition) is 2. The summed E-state index contributed by atoms with van der Waals surface area (Å²) in [5, 5.41) is -0.348. The molecule has 0 spiro atoms. The molecule has 11 heavy (non-hydrogen) atoms. The lowest BCUT2D eigenvalue weighted by Gasteiger charge is -2.04. The third-order valence-electron chi connectivity index (χ3n) is 1.98. The summed E-state index contributed by atoms with van der Waals surface area (Å²) < 4.78 is 24.3. The molecule has 1 aliphatic carbocycles. The SMILES string of the molecule is CC1(C)CC1NS(=O)(=O)CCl. The van der Waals surface area contributed by atoms with Crippen LogP contribution in [-0.2, 0) is 10.0 Å². The van der Waals surface area contributed by atoms with Crippen LogP contribution in [0.2, 0.25) is 0 Å². The lowest BCUT2D eigenvalue weighted by atomic mass is 10.2. The molecule has 0 saturated heterocycles. The number of halogens is 1. The molecule has 0 heterocycles. The first-order valence-electron chi connectivity index (χ1n) is 3.43. The van der Waals surface area contributed by atoms with Crippen molar-refractivity contribution in [1.82, 2.24) is 4.72 Å². The molecule has 0 aromatic carbocycles. The molecule has 0 aromatic rings. The second-order valence-corrected chi connectivity index (χ2v) is 5.93. The zero-order chi connectivity index (χ0) is 8.70. The zero-order valence-corrected chi connectivity index (χ0v) is 8.17. The van der Waals surface area contributed by atoms with E-state index in [1.54, 1.807) is 0 Å². The molecule has 1 unspecified atom stereocenters. The van der Waals surface area contributed by atoms with Crippen LogP contribution in [0.15, 0.2) is 0 Å². The molecule has 1 fully saturated rings. The van der Waals surface area contributed by atoms with E-state index in [-0.39, 0.29) is 16.7 Å². The van der Waals surface area contributed by atoms with Gasteiger partial charge in [0.1, 0.15) is 5.21 Å². The Morgan fingerprint density at radius 1 is 1.64 bits per heavy atom. The average molecular weight is 198 g/mol. The van der Waals surface area contributed by atoms with E-state index in [4.69, 9.17) is 11.6 Å². The number of nitrogens with one attached hydrogen (secondary N) is 1. The smallest absolute Gasteiger partial charge is 0.211 e. The Morgan fingerprint density at radius 3 is 2.36 bits per heavy atom. The van der Waals surface area contributed by atoms with Crippen molar-refractivity contribution in [3.63, 3.8) is 0 Å². The lowest BCUT2D eigenvalue weighted by Crippen LogP contribution is -2.29. The van der Waals surface area contributed by atoms with Crippen molar-refractivity contribution in [1.29, 1.82) is 0 Å². The molecule has 0 aliphatic heterocycles. The van der Waals surface area contributed by atoms with Gasteiger partial charge in [-0.2, -0.15) is 0 Å². The van der Waals surface area contributed by atoms with Gasteiger partial charge in [0.15, 0.2) is 0 Å². The molecule has 0 radical (unpaired) electrons. The number of hydrogen-bond donors (Lipinski definition) is 1. The van der Waals surface area contributed by atoms with Crippen molar-refractivity contribution >= 4 is 21.6 Å². The van der Waals surface area contributed by atoms with Crippen molar-refractivity contribution in [2.24, 2.45) is 5.41 Å². The van der Waals surface area contributed by atoms with Gasteiger partial charge in [-0.05, 0) is 11.8 Å². The van der Waals surface area contributed by atoms with E-state index < -0.39 is 10.0 Å². The minimum Gasteiger partial charge on any atom is -0.211 e. The van der Waals surface area contributed by atoms with Crippen LogP contribution in [0.1, 0.15) is 20.3 Å². The quantitative estimate of drug-likeness (QED) is 0.684. The van der Waals surface area contributed by atoms with Gasteiger partial charge >= 0.3 is 0 Å². The predicted molar refractivity (Wildman–Crippen MR) is 45.0 cm³/mol. The van der Waals surface area contributed by atoms with Crippen molar-refractivity contribution in [3.8, 4) is 0 Å². The van der Waals surface area contributed by atoms with Gasteiger partial charge in [-0.25, -0.2) is 13.1 Å². The third kappa shape index (κ3) is 2.32. The fraction of sp³-hybridized carbons (Fsp3) is 1.00. The number of rotatable bonds is 3. The Hall–Kier alpha value is 0.200. The minimum atomic E-state index is -3.21. The summed E-state index contributed by atoms with van der Waals surface area (Å²) in [6.07, 6.45) is 0.906. The topological polar surface area (TPSA) is 46.2 Å². The molecule has 1 rings (SSSR count). The summed E-state index contributed by atoms with van der Waals surface area (Å²) in [5.74, 6) is 0. The van der Waals surface area contributed by atoms with Crippen molar-refractivity contribution < 1.29 is 8.42 Å². The first kappa shape index (κ1) is 9.29. The normalized spacial score (nSPS) is 28.5. The Kier molecular flexibility index (Phi) is 2.20. The summed E-state index contributed by atoms with van der Waals surface area (Å²) in [6.45, 7) is 4.04. The van der Waals surface area contributed by atoms with Gasteiger partial charge in [0.2, 0.25) is 10.0 Å². The van der Waals surface area contributed by atoms with E-state index in [0.717, 1.165) is 6.42 Å². The van der Waals surface area contributed by atoms with E-state index in [0.29, 0.717) is 0 Å². The molecular weight excluding hydrogens is 186 g/mol. The van der Waals surface area contributed by atoms with Crippen molar-refractivity contribution in [2.45, 2.75) is 26.3 Å². The highest BCUT2D eigenvalue weighted by molar-refractivity contribution is 7.90. The maximum Gasteiger partial charge on any atom is 0.225 e. The molecule has 0 amide bonds. The van der Waals surface area contributed by atoms with Gasteiger partial charge in [-0.3, -0.25) is 0 Å². The lowest BCUT2D eigenvalue weighted by molar-refractivity contribution is 0.558. The molecular formula is C6H12ClNO2S. The molecule has 0 aromatic heterocycles. The van der Waals surface area contributed by atoms with E-state index in [1.807, 2.05) is 13.8 Å². The largest absolute Gasteiger partial charge is 0.225 e. The fourth-order valence-corrected chi connectivity index (χ4v) is 2.00. The number of alkyl halides is 1. The van der Waals surface area contributed by atoms with Gasteiger partial charge < -0.3 is 0 Å². The first-order chi connectivity index (χ1) is 4.87. The van der Waals surface area contributed by atoms with E-state index in [2.05, 4.69) is 4.72 Å². The molecule has 5 heteroatoms. The van der Waals surface area contributed by atoms with Crippen LogP contribution in [0.3, 0.4) is 0 Å². The summed E-state index contributed by atoms with van der Waals surface area (Å²) in [4.78, 5) is 0. The van der Waals surface area contributed by atoms with Gasteiger partial charge in [-0.1, -0.05) is 13.8 Å². The molecule has 1 atom stereocenters. The summed E-state index contributed by atoms with van der Waals surface area (Å²) >= 11 is 5.21. The fourth-order valence-electron chi connectivity index (χ4n) is 0.917. The number of sulfonamides is 1. The Balaban J connectivity index is 2.47. The van der Waals surface area contributed by atoms with E-state index in [9.17, 15) is 8.42 Å². The Labute approximate surface area is 72.2 Å². The van der Waals surface area contributed by atoms with Crippen molar-refractivity contribution in [2.75, 3.05) is 5.21 Å². The zero-order valence-electron chi connectivity index (χ0n) is 6.59. The Bertz CT molecular complexity index is 247. The van der Waals surface area contributed by atoms with E-state index >= 15 is 0 Å². The van der Waals surface area contributed by atoms with Crippen molar-refractivity contribution in [3.05, 3.63) is 0 Å². The molecule has 66 valence electrons. The highest BCUT2D eigenvalue weighted by Crippen LogP contribution is 2.44. The monoisotopic (exact) mass is 197 g/mol. The van der Waals surface area contributed by atoms with Gasteiger partial charge in [-0.15, -0.1) is 11.6 Å². The summed E-state index contributed by atoms with van der Waals surface area (Å²) in [5.41, 5.74) is 0.124. The Morgan fingerprint density at radius 2 is 2.09 bits per heavy atom. The van der Waals surface area contributed by atoms with Crippen LogP contribution in [0.4, 0.5) is 0 Å². The standard InChI is InChI=1S/C6H12ClNO2S/c1-6(2)3-5(6)8-11(9,10)4-7/h5,8H,3-4H2,1-2H3. The molecule has 1 N–H and O–H groups in total. The highest BCUT2D eigenvalue weighted by atomic mass is 35.5. The van der Waals surface area contributed by atoms with Crippen LogP contribution in [0, 0.1) is 5.41 Å². The minimum absolute atomic E-state index is 0.0891. The summed E-state index contributed by atoms with van der Waals surface area (Å²) in [6, 6.07) is 0.0891. The van der Waals surface area contributed by atoms with Crippen LogP contribution in [0.5, 0.6) is 0 Å². The second kappa shape index (κ2) is 2.61. The van der Waals surface area contributed by atoms with Gasteiger partial charge in [0.05, 0.1) is 0 Å². The molecule has 1 aliphatic rings. The summed E-state index contributed by atoms with van der Waals surface area (Å²) in [7, 11) is -3.21. The van der Waals surface area contributed by atoms with Crippen LogP contribution in [0.25, 0.3) is 0 Å². The molecule has 1 saturated carbocycles. The van der Waals surface area contributed by atoms with Gasteiger partial charge in [0.25, 0.3) is 0 Å². The maximum atomic E-state index is 10.9. The second-order valence-electron chi connectivity index (χ2n) is 3.59. The van der Waals surface area contributed by atoms with Crippen LogP contribution in [-0.4, -0.2) is 19.7 Å². The first-order valence-corrected chi connectivity index (χ1v) is 5.62. The average Bonchev–Trinajstić information content (AvgIpc) is 2.39. The molecule has 0 bridgehead atoms. The highest BCUT2D eigenvalue weighted by Gasteiger charge is 2.47. The predicted octanol–water partition coefficient (Wildman–Crippen LogP) is 0.901. The van der Waals surface area contributed by atoms with E-state index in [1.165, 1.54) is 0 Å². The maximum absolute atomic E-state index is 10.9. The third-order valence-corrected chi connectivity index (χ3v) is 3.77. The van der Waals surface area contributed by atoms with Crippen LogP contribution >= 0.6 is 11.6 Å². The van der Waals surface area contributed by atoms with Crippen LogP contribution < -0.4 is 4.72 Å².